The maximum absolute atomic E-state index is 13.2. The van der Waals surface area contributed by atoms with Crippen molar-refractivity contribution >= 4 is 33.2 Å². The number of rotatable bonds is 4. The molecule has 0 fully saturated rings. The summed E-state index contributed by atoms with van der Waals surface area (Å²) in [6, 6.07) is 11.6. The molecule has 1 atom stereocenters. The van der Waals surface area contributed by atoms with Crippen LogP contribution in [0.1, 0.15) is 11.1 Å². The van der Waals surface area contributed by atoms with E-state index in [-0.39, 0.29) is 13.0 Å². The van der Waals surface area contributed by atoms with Crippen LogP contribution < -0.4 is 5.32 Å². The molecule has 0 saturated heterocycles. The molecule has 0 bridgehead atoms. The Morgan fingerprint density at radius 3 is 2.66 bits per heavy atom. The van der Waals surface area contributed by atoms with Gasteiger partial charge in [-0.2, -0.15) is 9.40 Å². The number of anilines is 1. The Morgan fingerprint density at radius 2 is 1.97 bits per heavy atom. The molecule has 1 N–H and O–H groups in total. The normalized spacial score (nSPS) is 17.0. The molecule has 8 nitrogen and oxygen atoms in total. The van der Waals surface area contributed by atoms with Crippen LogP contribution >= 0.6 is 11.6 Å². The van der Waals surface area contributed by atoms with E-state index in [2.05, 4.69) is 15.4 Å². The van der Waals surface area contributed by atoms with Crippen LogP contribution in [-0.4, -0.2) is 45.7 Å². The highest BCUT2D eigenvalue weighted by Gasteiger charge is 2.37. The molecule has 0 unspecified atom stereocenters. The second-order valence-corrected chi connectivity index (χ2v) is 9.16. The molecule has 150 valence electrons. The van der Waals surface area contributed by atoms with Gasteiger partial charge in [-0.3, -0.25) is 4.79 Å². The van der Waals surface area contributed by atoms with Crippen LogP contribution in [0.15, 0.2) is 55.1 Å². The molecule has 0 aliphatic carbocycles. The van der Waals surface area contributed by atoms with Crippen molar-refractivity contribution in [3.8, 4) is 5.69 Å². The smallest absolute Gasteiger partial charge is 0.243 e. The minimum Gasteiger partial charge on any atom is -0.323 e. The SMILES string of the molecule is CS(=O)(=O)N1Cc2ccccc2C[C@@H]1C(=O)Nc1cc(Cl)ccc1-n1cncn1. The number of amides is 1. The van der Waals surface area contributed by atoms with Gasteiger partial charge in [-0.1, -0.05) is 35.9 Å². The van der Waals surface area contributed by atoms with E-state index in [1.807, 2.05) is 24.3 Å². The second kappa shape index (κ2) is 7.58. The van der Waals surface area contributed by atoms with Crippen molar-refractivity contribution in [3.05, 3.63) is 71.3 Å². The molecule has 2 heterocycles. The fourth-order valence-electron chi connectivity index (χ4n) is 3.43. The van der Waals surface area contributed by atoms with Gasteiger partial charge in [0.05, 0.1) is 17.6 Å². The molecule has 0 radical (unpaired) electrons. The zero-order valence-electron chi connectivity index (χ0n) is 15.5. The maximum Gasteiger partial charge on any atom is 0.243 e. The first kappa shape index (κ1) is 19.6. The van der Waals surface area contributed by atoms with Crippen molar-refractivity contribution < 1.29 is 13.2 Å². The quantitative estimate of drug-likeness (QED) is 0.683. The van der Waals surface area contributed by atoms with Crippen LogP contribution in [-0.2, 0) is 27.8 Å². The molecule has 3 aromatic rings. The van der Waals surface area contributed by atoms with Crippen molar-refractivity contribution in [1.29, 1.82) is 0 Å². The third-order valence-electron chi connectivity index (χ3n) is 4.82. The lowest BCUT2D eigenvalue weighted by Crippen LogP contribution is -2.50. The van der Waals surface area contributed by atoms with Crippen molar-refractivity contribution in [1.82, 2.24) is 19.1 Å². The van der Waals surface area contributed by atoms with Gasteiger partial charge in [0, 0.05) is 11.6 Å². The lowest BCUT2D eigenvalue weighted by Gasteiger charge is -2.34. The van der Waals surface area contributed by atoms with E-state index >= 15 is 0 Å². The lowest BCUT2D eigenvalue weighted by atomic mass is 9.95. The lowest BCUT2D eigenvalue weighted by molar-refractivity contribution is -0.120. The van der Waals surface area contributed by atoms with Gasteiger partial charge < -0.3 is 5.32 Å². The number of sulfonamides is 1. The van der Waals surface area contributed by atoms with E-state index in [0.29, 0.717) is 16.4 Å². The summed E-state index contributed by atoms with van der Waals surface area (Å²) in [5, 5.41) is 7.34. The Balaban J connectivity index is 1.68. The fraction of sp³-hybridized carbons (Fsp3) is 0.211. The fourth-order valence-corrected chi connectivity index (χ4v) is 4.61. The zero-order valence-corrected chi connectivity index (χ0v) is 17.1. The molecule has 1 amide bonds. The Morgan fingerprint density at radius 1 is 1.21 bits per heavy atom. The highest BCUT2D eigenvalue weighted by Crippen LogP contribution is 2.28. The van der Waals surface area contributed by atoms with Crippen molar-refractivity contribution in [2.45, 2.75) is 19.0 Å². The number of halogens is 1. The minimum absolute atomic E-state index is 0.151. The van der Waals surface area contributed by atoms with E-state index in [9.17, 15) is 13.2 Å². The molecule has 0 saturated carbocycles. The van der Waals surface area contributed by atoms with Crippen LogP contribution in [0.4, 0.5) is 5.69 Å². The number of hydrogen-bond acceptors (Lipinski definition) is 5. The van der Waals surface area contributed by atoms with E-state index < -0.39 is 22.0 Å². The Labute approximate surface area is 173 Å². The third kappa shape index (κ3) is 4.02. The first-order valence-electron chi connectivity index (χ1n) is 8.82. The number of hydrogen-bond donors (Lipinski definition) is 1. The first-order valence-corrected chi connectivity index (χ1v) is 11.0. The topological polar surface area (TPSA) is 97.2 Å². The van der Waals surface area contributed by atoms with Crippen LogP contribution in [0.2, 0.25) is 5.02 Å². The molecule has 1 aliphatic rings. The van der Waals surface area contributed by atoms with Crippen molar-refractivity contribution in [3.63, 3.8) is 0 Å². The van der Waals surface area contributed by atoms with Gasteiger partial charge in [-0.05, 0) is 35.7 Å². The van der Waals surface area contributed by atoms with Gasteiger partial charge >= 0.3 is 0 Å². The second-order valence-electron chi connectivity index (χ2n) is 6.79. The number of nitrogens with zero attached hydrogens (tertiary/aromatic N) is 4. The maximum atomic E-state index is 13.2. The van der Waals surface area contributed by atoms with Gasteiger partial charge in [0.15, 0.2) is 0 Å². The van der Waals surface area contributed by atoms with Crippen LogP contribution in [0.5, 0.6) is 0 Å². The molecular weight excluding hydrogens is 414 g/mol. The molecule has 1 aromatic heterocycles. The molecular formula is C19H18ClN5O3S. The van der Waals surface area contributed by atoms with E-state index in [1.54, 1.807) is 18.2 Å². The van der Waals surface area contributed by atoms with Crippen molar-refractivity contribution in [2.24, 2.45) is 0 Å². The average Bonchev–Trinajstić information content (AvgIpc) is 3.21. The van der Waals surface area contributed by atoms with E-state index in [1.165, 1.54) is 21.6 Å². The predicted molar refractivity (Wildman–Crippen MR) is 109 cm³/mol. The highest BCUT2D eigenvalue weighted by atomic mass is 35.5. The van der Waals surface area contributed by atoms with Gasteiger partial charge in [-0.25, -0.2) is 18.1 Å². The summed E-state index contributed by atoms with van der Waals surface area (Å²) in [7, 11) is -3.60. The number of benzene rings is 2. The van der Waals surface area contributed by atoms with Crippen LogP contribution in [0, 0.1) is 0 Å². The Hall–Kier alpha value is -2.75. The zero-order chi connectivity index (χ0) is 20.6. The number of fused-ring (bicyclic) bond motifs is 1. The molecule has 10 heteroatoms. The molecule has 0 spiro atoms. The van der Waals surface area contributed by atoms with Crippen LogP contribution in [0.3, 0.4) is 0 Å². The number of nitrogens with one attached hydrogen (secondary N) is 1. The van der Waals surface area contributed by atoms with Gasteiger partial charge in [0.25, 0.3) is 0 Å². The van der Waals surface area contributed by atoms with E-state index in [4.69, 9.17) is 11.6 Å². The minimum atomic E-state index is -3.60. The molecule has 1 aliphatic heterocycles. The molecule has 2 aromatic carbocycles. The largest absolute Gasteiger partial charge is 0.323 e. The molecule has 4 rings (SSSR count). The molecule has 29 heavy (non-hydrogen) atoms. The highest BCUT2D eigenvalue weighted by molar-refractivity contribution is 7.88. The monoisotopic (exact) mass is 431 g/mol. The number of aromatic nitrogens is 3. The Kier molecular flexibility index (Phi) is 5.12. The van der Waals surface area contributed by atoms with E-state index in [0.717, 1.165) is 17.4 Å². The van der Waals surface area contributed by atoms with Gasteiger partial charge in [0.1, 0.15) is 18.7 Å². The standard InChI is InChI=1S/C19H18ClN5O3S/c1-29(27,28)25-10-14-5-3-2-4-13(14)8-18(25)19(26)23-16-9-15(20)6-7-17(16)24-12-21-11-22-24/h2-7,9,11-12,18H,8,10H2,1H3,(H,23,26)/t18-/m1/s1. The first-order chi connectivity index (χ1) is 13.8. The summed E-state index contributed by atoms with van der Waals surface area (Å²) in [6.45, 7) is 0.151. The Bertz CT molecular complexity index is 1160. The number of carbonyl (C=O) groups is 1. The predicted octanol–water partition coefficient (Wildman–Crippen LogP) is 2.25. The average molecular weight is 432 g/mol. The van der Waals surface area contributed by atoms with Crippen LogP contribution in [0.25, 0.3) is 5.69 Å². The van der Waals surface area contributed by atoms with Gasteiger partial charge in [0.2, 0.25) is 15.9 Å². The number of carbonyl (C=O) groups excluding carboxylic acids is 1. The summed E-state index contributed by atoms with van der Waals surface area (Å²) >= 11 is 6.11. The summed E-state index contributed by atoms with van der Waals surface area (Å²) in [6.07, 6.45) is 4.28. The summed E-state index contributed by atoms with van der Waals surface area (Å²) in [5.41, 5.74) is 2.84. The summed E-state index contributed by atoms with van der Waals surface area (Å²) in [5.74, 6) is -0.437. The summed E-state index contributed by atoms with van der Waals surface area (Å²) < 4.78 is 27.5. The third-order valence-corrected chi connectivity index (χ3v) is 6.29. The van der Waals surface area contributed by atoms with Crippen molar-refractivity contribution in [2.75, 3.05) is 11.6 Å². The summed E-state index contributed by atoms with van der Waals surface area (Å²) in [4.78, 5) is 17.1. The van der Waals surface area contributed by atoms with Gasteiger partial charge in [-0.15, -0.1) is 0 Å².